The quantitative estimate of drug-likeness (QED) is 0.679. The van der Waals surface area contributed by atoms with E-state index in [2.05, 4.69) is 10.3 Å². The molecule has 0 saturated carbocycles. The number of amides is 1. The zero-order valence-corrected chi connectivity index (χ0v) is 6.90. The van der Waals surface area contributed by atoms with Crippen LogP contribution in [0.15, 0.2) is 41.1 Å². The second kappa shape index (κ2) is 3.23. The minimum Gasteiger partial charge on any atom is -0.306 e. The first kappa shape index (κ1) is 7.73. The number of nitrogens with zero attached hydrogens (tertiary/aromatic N) is 1. The minimum absolute atomic E-state index is 0.165. The molecule has 0 saturated heterocycles. The molecule has 1 aromatic carbocycles. The molecule has 1 aromatic rings. The molecule has 0 spiro atoms. The van der Waals surface area contributed by atoms with Gasteiger partial charge in [-0.3, -0.25) is 4.79 Å². The molecule has 0 aromatic heterocycles. The molecule has 3 nitrogen and oxygen atoms in total. The maximum absolute atomic E-state index is 10.7. The Morgan fingerprint density at radius 2 is 2.00 bits per heavy atom. The summed E-state index contributed by atoms with van der Waals surface area (Å²) in [7, 11) is 0. The molecule has 13 heavy (non-hydrogen) atoms. The lowest BCUT2D eigenvalue weighted by atomic mass is 10.2. The first-order valence-electron chi connectivity index (χ1n) is 3.96. The molecule has 1 amide bonds. The Hall–Kier alpha value is -1.90. The molecule has 0 bridgehead atoms. The van der Waals surface area contributed by atoms with Crippen molar-refractivity contribution >= 4 is 18.2 Å². The normalized spacial score (nSPS) is 17.8. The van der Waals surface area contributed by atoms with Crippen LogP contribution in [-0.2, 0) is 4.79 Å². The van der Waals surface area contributed by atoms with Crippen LogP contribution in [-0.4, -0.2) is 12.1 Å². The molecule has 0 fully saturated rings. The van der Waals surface area contributed by atoms with Gasteiger partial charge in [-0.1, -0.05) is 30.3 Å². The third kappa shape index (κ3) is 1.82. The largest absolute Gasteiger partial charge is 0.306 e. The van der Waals surface area contributed by atoms with Crippen LogP contribution in [0.1, 0.15) is 5.56 Å². The summed E-state index contributed by atoms with van der Waals surface area (Å²) in [6.45, 7) is 0. The van der Waals surface area contributed by atoms with Crippen LogP contribution < -0.4 is 5.32 Å². The predicted octanol–water partition coefficient (Wildman–Crippen LogP) is 1.19. The Morgan fingerprint density at radius 3 is 2.62 bits per heavy atom. The van der Waals surface area contributed by atoms with Crippen LogP contribution in [0.25, 0.3) is 6.08 Å². The molecular weight excluding hydrogens is 164 g/mol. The summed E-state index contributed by atoms with van der Waals surface area (Å²) in [6, 6.07) is 9.72. The van der Waals surface area contributed by atoms with Crippen molar-refractivity contribution in [3.05, 3.63) is 41.7 Å². The van der Waals surface area contributed by atoms with Crippen molar-refractivity contribution in [1.82, 2.24) is 5.32 Å². The number of benzene rings is 1. The summed E-state index contributed by atoms with van der Waals surface area (Å²) in [5.41, 5.74) is 1.02. The molecule has 64 valence electrons. The van der Waals surface area contributed by atoms with Crippen LogP contribution >= 0.6 is 0 Å². The van der Waals surface area contributed by atoms with Gasteiger partial charge in [-0.15, -0.1) is 0 Å². The fraction of sp³-hybridized carbons (Fsp3) is 0. The summed E-state index contributed by atoms with van der Waals surface area (Å²) in [5.74, 6) is 0.429. The molecule has 0 radical (unpaired) electrons. The topological polar surface area (TPSA) is 41.5 Å². The predicted molar refractivity (Wildman–Crippen MR) is 51.1 cm³/mol. The summed E-state index contributed by atoms with van der Waals surface area (Å²) >= 11 is 0. The Bertz CT molecular complexity index is 379. The van der Waals surface area contributed by atoms with Gasteiger partial charge in [-0.05, 0) is 11.6 Å². The van der Waals surface area contributed by atoms with E-state index in [1.165, 1.54) is 6.21 Å². The maximum Gasteiger partial charge on any atom is 0.268 e. The maximum atomic E-state index is 10.7. The van der Waals surface area contributed by atoms with Gasteiger partial charge in [0.05, 0.1) is 6.21 Å². The van der Waals surface area contributed by atoms with Crippen molar-refractivity contribution < 1.29 is 4.79 Å². The Balaban J connectivity index is 2.23. The fourth-order valence-corrected chi connectivity index (χ4v) is 1.10. The van der Waals surface area contributed by atoms with E-state index in [1.54, 1.807) is 0 Å². The molecule has 3 heteroatoms. The van der Waals surface area contributed by atoms with Crippen molar-refractivity contribution in [2.45, 2.75) is 0 Å². The van der Waals surface area contributed by atoms with Crippen LogP contribution in [0.5, 0.6) is 0 Å². The molecule has 1 aliphatic heterocycles. The summed E-state index contributed by atoms with van der Waals surface area (Å²) in [5, 5.41) is 2.60. The van der Waals surface area contributed by atoms with E-state index in [0.29, 0.717) is 5.82 Å². The molecule has 0 aliphatic carbocycles. The lowest BCUT2D eigenvalue weighted by Gasteiger charge is -1.94. The van der Waals surface area contributed by atoms with Crippen molar-refractivity contribution in [1.29, 1.82) is 0 Å². The van der Waals surface area contributed by atoms with Crippen molar-refractivity contribution in [3.8, 4) is 0 Å². The molecule has 1 aliphatic rings. The van der Waals surface area contributed by atoms with Gasteiger partial charge < -0.3 is 5.32 Å². The molecule has 2 rings (SSSR count). The van der Waals surface area contributed by atoms with Crippen molar-refractivity contribution in [2.24, 2.45) is 4.99 Å². The number of carbonyl (C=O) groups is 1. The van der Waals surface area contributed by atoms with Crippen molar-refractivity contribution in [3.63, 3.8) is 0 Å². The standard InChI is InChI=1S/C10H8N2O/c13-10-7-11-9(12-10)6-8-4-2-1-3-5-8/h1-7H,(H,12,13). The third-order valence-corrected chi connectivity index (χ3v) is 1.68. The van der Waals surface area contributed by atoms with E-state index in [1.807, 2.05) is 36.4 Å². The Kier molecular flexibility index (Phi) is 1.92. The highest BCUT2D eigenvalue weighted by Crippen LogP contribution is 2.06. The van der Waals surface area contributed by atoms with Crippen LogP contribution in [0.4, 0.5) is 0 Å². The summed E-state index contributed by atoms with van der Waals surface area (Å²) in [6.07, 6.45) is 3.09. The Morgan fingerprint density at radius 1 is 1.23 bits per heavy atom. The van der Waals surface area contributed by atoms with E-state index < -0.39 is 0 Å². The second-order valence-corrected chi connectivity index (χ2v) is 2.69. The van der Waals surface area contributed by atoms with E-state index in [-0.39, 0.29) is 5.91 Å². The average Bonchev–Trinajstić information content (AvgIpc) is 2.53. The minimum atomic E-state index is -0.165. The zero-order valence-electron chi connectivity index (χ0n) is 6.90. The molecule has 0 atom stereocenters. The molecule has 1 heterocycles. The third-order valence-electron chi connectivity index (χ3n) is 1.68. The van der Waals surface area contributed by atoms with Gasteiger partial charge in [-0.2, -0.15) is 0 Å². The number of carbonyl (C=O) groups excluding carboxylic acids is 1. The monoisotopic (exact) mass is 172 g/mol. The average molecular weight is 172 g/mol. The lowest BCUT2D eigenvalue weighted by molar-refractivity contribution is -0.113. The molecule has 0 unspecified atom stereocenters. The van der Waals surface area contributed by atoms with Gasteiger partial charge in [0.2, 0.25) is 0 Å². The van der Waals surface area contributed by atoms with Gasteiger partial charge in [0.25, 0.3) is 5.91 Å². The first-order chi connectivity index (χ1) is 6.34. The highest BCUT2D eigenvalue weighted by molar-refractivity contribution is 6.29. The van der Waals surface area contributed by atoms with E-state index in [9.17, 15) is 4.79 Å². The number of rotatable bonds is 1. The van der Waals surface area contributed by atoms with E-state index in [0.717, 1.165) is 5.56 Å². The lowest BCUT2D eigenvalue weighted by Crippen LogP contribution is -2.14. The number of hydrogen-bond donors (Lipinski definition) is 1. The smallest absolute Gasteiger partial charge is 0.268 e. The second-order valence-electron chi connectivity index (χ2n) is 2.69. The SMILES string of the molecule is O=C1C=NC(=Cc2ccccc2)N1. The summed E-state index contributed by atoms with van der Waals surface area (Å²) < 4.78 is 0. The van der Waals surface area contributed by atoms with Gasteiger partial charge >= 0.3 is 0 Å². The van der Waals surface area contributed by atoms with Gasteiger partial charge in [0, 0.05) is 0 Å². The van der Waals surface area contributed by atoms with E-state index >= 15 is 0 Å². The number of aliphatic imine (C=N–C) groups is 1. The van der Waals surface area contributed by atoms with Gasteiger partial charge in [0.1, 0.15) is 5.82 Å². The zero-order chi connectivity index (χ0) is 9.10. The van der Waals surface area contributed by atoms with Crippen molar-refractivity contribution in [2.75, 3.05) is 0 Å². The highest BCUT2D eigenvalue weighted by Gasteiger charge is 2.06. The number of nitrogens with one attached hydrogen (secondary N) is 1. The van der Waals surface area contributed by atoms with E-state index in [4.69, 9.17) is 0 Å². The fourth-order valence-electron chi connectivity index (χ4n) is 1.10. The number of hydrogen-bond acceptors (Lipinski definition) is 2. The Labute approximate surface area is 75.8 Å². The van der Waals surface area contributed by atoms with Crippen LogP contribution in [0.2, 0.25) is 0 Å². The summed E-state index contributed by atoms with van der Waals surface area (Å²) in [4.78, 5) is 14.6. The van der Waals surface area contributed by atoms with Crippen LogP contribution in [0, 0.1) is 0 Å². The molecule has 1 N–H and O–H groups in total. The van der Waals surface area contributed by atoms with Crippen LogP contribution in [0.3, 0.4) is 0 Å². The highest BCUT2D eigenvalue weighted by atomic mass is 16.2. The first-order valence-corrected chi connectivity index (χ1v) is 3.96. The molecular formula is C10H8N2O. The van der Waals surface area contributed by atoms with Gasteiger partial charge in [-0.25, -0.2) is 4.99 Å². The van der Waals surface area contributed by atoms with Gasteiger partial charge in [0.15, 0.2) is 0 Å².